The molecule has 9 nitrogen and oxygen atoms in total. The molecule has 1 N–H and O–H groups in total. The molecule has 1 atom stereocenters. The smallest absolute Gasteiger partial charge is 0.238 e. The summed E-state index contributed by atoms with van der Waals surface area (Å²) >= 11 is 0. The van der Waals surface area contributed by atoms with Crippen molar-refractivity contribution >= 4 is 21.4 Å². The second-order valence-electron chi connectivity index (χ2n) is 8.58. The minimum atomic E-state index is -2.98. The minimum absolute atomic E-state index is 0.111. The second-order valence-corrected chi connectivity index (χ2v) is 10.8. The van der Waals surface area contributed by atoms with Crippen LogP contribution in [0.5, 0.6) is 11.5 Å². The number of amides is 1. The third-order valence-corrected chi connectivity index (χ3v) is 7.65. The molecule has 2 aromatic rings. The van der Waals surface area contributed by atoms with Crippen LogP contribution in [0.25, 0.3) is 0 Å². The number of rotatable bonds is 6. The van der Waals surface area contributed by atoms with Gasteiger partial charge in [0.15, 0.2) is 21.3 Å². The van der Waals surface area contributed by atoms with E-state index in [4.69, 9.17) is 9.47 Å². The molecule has 1 aromatic carbocycles. The standard InChI is InChI=1S/C22H30N4O5S/c1-15-19(16(2)26(24-15)18-7-10-32(28,29)14-18)12-25(3)13-22(27)23-17-5-6-20-21(11-17)31-9-4-8-30-20/h5-6,11,18H,4,7-10,12-14H2,1-3H3,(H,23,27)/t18-/m1/s1. The average Bonchev–Trinajstić information content (AvgIpc) is 3.10. The van der Waals surface area contributed by atoms with Gasteiger partial charge >= 0.3 is 0 Å². The van der Waals surface area contributed by atoms with Gasteiger partial charge in [-0.05, 0) is 39.4 Å². The largest absolute Gasteiger partial charge is 0.490 e. The van der Waals surface area contributed by atoms with E-state index in [1.165, 1.54) is 0 Å². The van der Waals surface area contributed by atoms with Crippen LogP contribution in [0.1, 0.15) is 35.8 Å². The summed E-state index contributed by atoms with van der Waals surface area (Å²) in [5.74, 6) is 1.55. The first-order valence-corrected chi connectivity index (χ1v) is 12.7. The number of aryl methyl sites for hydroxylation is 1. The molecule has 1 amide bonds. The van der Waals surface area contributed by atoms with Crippen molar-refractivity contribution in [1.29, 1.82) is 0 Å². The molecule has 0 saturated carbocycles. The van der Waals surface area contributed by atoms with Gasteiger partial charge in [0.1, 0.15) is 0 Å². The number of benzene rings is 1. The number of carbonyl (C=O) groups is 1. The zero-order valence-electron chi connectivity index (χ0n) is 18.8. The Kier molecular flexibility index (Phi) is 6.43. The molecular formula is C22H30N4O5S. The van der Waals surface area contributed by atoms with Crippen LogP contribution in [-0.4, -0.2) is 67.3 Å². The molecule has 0 spiro atoms. The number of carbonyl (C=O) groups excluding carboxylic acids is 1. The van der Waals surface area contributed by atoms with Gasteiger partial charge in [-0.1, -0.05) is 0 Å². The van der Waals surface area contributed by atoms with Gasteiger partial charge in [0.05, 0.1) is 43.0 Å². The van der Waals surface area contributed by atoms with Crippen LogP contribution >= 0.6 is 0 Å². The summed E-state index contributed by atoms with van der Waals surface area (Å²) in [7, 11) is -1.10. The lowest BCUT2D eigenvalue weighted by molar-refractivity contribution is -0.117. The molecule has 1 aromatic heterocycles. The monoisotopic (exact) mass is 462 g/mol. The number of hydrogen-bond acceptors (Lipinski definition) is 7. The van der Waals surface area contributed by atoms with Crippen molar-refractivity contribution in [2.45, 2.75) is 39.3 Å². The van der Waals surface area contributed by atoms with Gasteiger partial charge in [-0.3, -0.25) is 14.4 Å². The Morgan fingerprint density at radius 2 is 2.00 bits per heavy atom. The third-order valence-electron chi connectivity index (χ3n) is 5.90. The number of hydrogen-bond donors (Lipinski definition) is 1. The molecule has 1 fully saturated rings. The number of likely N-dealkylation sites (N-methyl/N-ethyl adjacent to an activating group) is 1. The van der Waals surface area contributed by atoms with Crippen molar-refractivity contribution in [1.82, 2.24) is 14.7 Å². The van der Waals surface area contributed by atoms with Crippen molar-refractivity contribution in [3.8, 4) is 11.5 Å². The van der Waals surface area contributed by atoms with E-state index in [0.29, 0.717) is 43.4 Å². The SMILES string of the molecule is Cc1nn([C@@H]2CCS(=O)(=O)C2)c(C)c1CN(C)CC(=O)Nc1ccc2c(c1)OCCCO2. The molecule has 4 rings (SSSR count). The van der Waals surface area contributed by atoms with Gasteiger partial charge < -0.3 is 14.8 Å². The number of nitrogens with zero attached hydrogens (tertiary/aromatic N) is 3. The Hall–Kier alpha value is -2.59. The highest BCUT2D eigenvalue weighted by Crippen LogP contribution is 2.32. The van der Waals surface area contributed by atoms with Crippen LogP contribution in [0.2, 0.25) is 0 Å². The maximum absolute atomic E-state index is 12.6. The van der Waals surface area contributed by atoms with Crippen LogP contribution < -0.4 is 14.8 Å². The van der Waals surface area contributed by atoms with Crippen molar-refractivity contribution in [2.75, 3.05) is 43.6 Å². The molecule has 1 saturated heterocycles. The van der Waals surface area contributed by atoms with E-state index in [1.807, 2.05) is 36.5 Å². The summed E-state index contributed by atoms with van der Waals surface area (Å²) in [4.78, 5) is 14.5. The molecule has 32 heavy (non-hydrogen) atoms. The summed E-state index contributed by atoms with van der Waals surface area (Å²) < 4.78 is 36.9. The molecule has 0 radical (unpaired) electrons. The zero-order valence-corrected chi connectivity index (χ0v) is 19.6. The van der Waals surface area contributed by atoms with E-state index in [1.54, 1.807) is 12.1 Å². The van der Waals surface area contributed by atoms with Crippen molar-refractivity contribution < 1.29 is 22.7 Å². The summed E-state index contributed by atoms with van der Waals surface area (Å²) in [6, 6.07) is 5.29. The highest BCUT2D eigenvalue weighted by atomic mass is 32.2. The Balaban J connectivity index is 1.37. The first kappa shape index (κ1) is 22.6. The van der Waals surface area contributed by atoms with E-state index in [-0.39, 0.29) is 30.0 Å². The molecule has 10 heteroatoms. The Bertz CT molecular complexity index is 1110. The normalized spacial score (nSPS) is 19.7. The van der Waals surface area contributed by atoms with E-state index in [2.05, 4.69) is 10.4 Å². The predicted octanol–water partition coefficient (Wildman–Crippen LogP) is 2.09. The second kappa shape index (κ2) is 9.11. The van der Waals surface area contributed by atoms with Crippen LogP contribution in [0, 0.1) is 13.8 Å². The molecular weight excluding hydrogens is 432 g/mol. The van der Waals surface area contributed by atoms with Gasteiger partial charge in [0, 0.05) is 36.0 Å². The van der Waals surface area contributed by atoms with Gasteiger partial charge in [0.25, 0.3) is 0 Å². The topological polar surface area (TPSA) is 103 Å². The Morgan fingerprint density at radius 3 is 2.72 bits per heavy atom. The maximum atomic E-state index is 12.6. The summed E-state index contributed by atoms with van der Waals surface area (Å²) in [5, 5.41) is 7.52. The average molecular weight is 463 g/mol. The first-order valence-electron chi connectivity index (χ1n) is 10.8. The molecule has 3 heterocycles. The van der Waals surface area contributed by atoms with Crippen LogP contribution in [0.15, 0.2) is 18.2 Å². The van der Waals surface area contributed by atoms with Crippen molar-refractivity contribution in [3.63, 3.8) is 0 Å². The third kappa shape index (κ3) is 5.07. The van der Waals surface area contributed by atoms with Crippen LogP contribution in [-0.2, 0) is 21.2 Å². The van der Waals surface area contributed by atoms with Crippen LogP contribution in [0.3, 0.4) is 0 Å². The maximum Gasteiger partial charge on any atom is 0.238 e. The molecule has 0 aliphatic carbocycles. The Labute approximate surface area is 188 Å². The van der Waals surface area contributed by atoms with Gasteiger partial charge in [-0.25, -0.2) is 8.42 Å². The number of ether oxygens (including phenoxy) is 2. The summed E-state index contributed by atoms with van der Waals surface area (Å²) in [6.45, 7) is 5.85. The minimum Gasteiger partial charge on any atom is -0.490 e. The summed E-state index contributed by atoms with van der Waals surface area (Å²) in [6.07, 6.45) is 1.42. The van der Waals surface area contributed by atoms with Gasteiger partial charge in [-0.2, -0.15) is 5.10 Å². The fourth-order valence-corrected chi connectivity index (χ4v) is 5.95. The number of fused-ring (bicyclic) bond motifs is 1. The summed E-state index contributed by atoms with van der Waals surface area (Å²) in [5.41, 5.74) is 3.51. The van der Waals surface area contributed by atoms with Gasteiger partial charge in [-0.15, -0.1) is 0 Å². The number of aromatic nitrogens is 2. The lowest BCUT2D eigenvalue weighted by atomic mass is 10.1. The molecule has 174 valence electrons. The highest BCUT2D eigenvalue weighted by Gasteiger charge is 2.31. The Morgan fingerprint density at radius 1 is 1.25 bits per heavy atom. The highest BCUT2D eigenvalue weighted by molar-refractivity contribution is 7.91. The molecule has 0 unspecified atom stereocenters. The predicted molar refractivity (Wildman–Crippen MR) is 121 cm³/mol. The number of sulfone groups is 1. The molecule has 2 aliphatic heterocycles. The van der Waals surface area contributed by atoms with E-state index in [0.717, 1.165) is 23.4 Å². The van der Waals surface area contributed by atoms with Crippen molar-refractivity contribution in [3.05, 3.63) is 35.2 Å². The zero-order chi connectivity index (χ0) is 22.9. The quantitative estimate of drug-likeness (QED) is 0.701. The fraction of sp³-hybridized carbons (Fsp3) is 0.545. The van der Waals surface area contributed by atoms with Crippen molar-refractivity contribution in [2.24, 2.45) is 0 Å². The van der Waals surface area contributed by atoms with Crippen LogP contribution in [0.4, 0.5) is 5.69 Å². The number of nitrogens with one attached hydrogen (secondary N) is 1. The first-order chi connectivity index (χ1) is 15.2. The molecule has 0 bridgehead atoms. The van der Waals surface area contributed by atoms with E-state index >= 15 is 0 Å². The lowest BCUT2D eigenvalue weighted by Crippen LogP contribution is -2.30. The van der Waals surface area contributed by atoms with E-state index < -0.39 is 9.84 Å². The fourth-order valence-electron chi connectivity index (χ4n) is 4.26. The van der Waals surface area contributed by atoms with Gasteiger partial charge in [0.2, 0.25) is 5.91 Å². The number of anilines is 1. The van der Waals surface area contributed by atoms with E-state index in [9.17, 15) is 13.2 Å². The lowest BCUT2D eigenvalue weighted by Gasteiger charge is -2.18. The molecule has 2 aliphatic rings.